The summed E-state index contributed by atoms with van der Waals surface area (Å²) in [6.07, 6.45) is 4.31. The van der Waals surface area contributed by atoms with E-state index in [4.69, 9.17) is 5.73 Å². The average Bonchev–Trinajstić information content (AvgIpc) is 3.40. The Bertz CT molecular complexity index is 1060. The summed E-state index contributed by atoms with van der Waals surface area (Å²) in [6, 6.07) is 6.78. The van der Waals surface area contributed by atoms with Gasteiger partial charge in [0, 0.05) is 19.8 Å². The van der Waals surface area contributed by atoms with Gasteiger partial charge in [-0.25, -0.2) is 9.07 Å². The largest absolute Gasteiger partial charge is 0.383 e. The molecule has 28 heavy (non-hydrogen) atoms. The number of aromatic nitrogens is 4. The third-order valence-electron chi connectivity index (χ3n) is 4.87. The summed E-state index contributed by atoms with van der Waals surface area (Å²) in [7, 11) is 1.73. The highest BCUT2D eigenvalue weighted by atomic mass is 19.1. The standard InChI is InChI=1S/C19H19FN6O2/c1-24-9-7-15(23-24)19(28)25-8-3-6-16(25)17(27)14-11-22-26(18(14)21)13-5-2-4-12(20)10-13/h2,4-5,7,9-11,16H,3,6,8,21H2,1H3/t16-/m0/s1. The number of aryl methyl sites for hydroxylation is 1. The monoisotopic (exact) mass is 382 g/mol. The third kappa shape index (κ3) is 3.04. The van der Waals surface area contributed by atoms with Crippen LogP contribution in [0.15, 0.2) is 42.7 Å². The summed E-state index contributed by atoms with van der Waals surface area (Å²) < 4.78 is 16.4. The van der Waals surface area contributed by atoms with Gasteiger partial charge in [0.2, 0.25) is 0 Å². The Morgan fingerprint density at radius 2 is 2.11 bits per heavy atom. The molecule has 0 saturated carbocycles. The van der Waals surface area contributed by atoms with Crippen molar-refractivity contribution in [1.29, 1.82) is 0 Å². The van der Waals surface area contributed by atoms with E-state index in [0.29, 0.717) is 30.8 Å². The van der Waals surface area contributed by atoms with Crippen LogP contribution < -0.4 is 5.73 Å². The Kier molecular flexibility index (Phi) is 4.42. The maximum atomic E-state index is 13.5. The molecule has 0 spiro atoms. The highest BCUT2D eigenvalue weighted by Gasteiger charge is 2.37. The number of carbonyl (C=O) groups is 2. The molecule has 1 aliphatic heterocycles. The van der Waals surface area contributed by atoms with E-state index in [2.05, 4.69) is 10.2 Å². The lowest BCUT2D eigenvalue weighted by atomic mass is 10.0. The van der Waals surface area contributed by atoms with E-state index in [1.165, 1.54) is 34.0 Å². The fourth-order valence-corrected chi connectivity index (χ4v) is 3.50. The van der Waals surface area contributed by atoms with Crippen molar-refractivity contribution in [2.24, 2.45) is 7.05 Å². The summed E-state index contributed by atoms with van der Waals surface area (Å²) in [4.78, 5) is 27.4. The molecule has 3 aromatic rings. The minimum atomic E-state index is -0.623. The van der Waals surface area contributed by atoms with Crippen LogP contribution >= 0.6 is 0 Å². The van der Waals surface area contributed by atoms with E-state index in [0.717, 1.165) is 0 Å². The number of amides is 1. The minimum Gasteiger partial charge on any atom is -0.383 e. The quantitative estimate of drug-likeness (QED) is 0.694. The molecule has 8 nitrogen and oxygen atoms in total. The van der Waals surface area contributed by atoms with Crippen LogP contribution in [0, 0.1) is 5.82 Å². The lowest BCUT2D eigenvalue weighted by Crippen LogP contribution is -2.41. The number of benzene rings is 1. The first kappa shape index (κ1) is 17.9. The second kappa shape index (κ2) is 6.91. The molecule has 1 saturated heterocycles. The first-order chi connectivity index (χ1) is 13.5. The fourth-order valence-electron chi connectivity index (χ4n) is 3.50. The van der Waals surface area contributed by atoms with Crippen LogP contribution in [0.1, 0.15) is 33.7 Å². The number of nitrogens with two attached hydrogens (primary N) is 1. The van der Waals surface area contributed by atoms with Gasteiger partial charge in [-0.1, -0.05) is 6.07 Å². The molecule has 3 heterocycles. The predicted molar refractivity (Wildman–Crippen MR) is 99.5 cm³/mol. The molecule has 0 aliphatic carbocycles. The number of hydrogen-bond donors (Lipinski definition) is 1. The van der Waals surface area contributed by atoms with E-state index < -0.39 is 11.9 Å². The Hall–Kier alpha value is -3.49. The summed E-state index contributed by atoms with van der Waals surface area (Å²) in [5, 5.41) is 8.26. The van der Waals surface area contributed by atoms with Crippen molar-refractivity contribution >= 4 is 17.5 Å². The third-order valence-corrected chi connectivity index (χ3v) is 4.87. The molecule has 1 fully saturated rings. The van der Waals surface area contributed by atoms with Gasteiger partial charge in [0.15, 0.2) is 5.78 Å². The van der Waals surface area contributed by atoms with Crippen molar-refractivity contribution in [2.75, 3.05) is 12.3 Å². The summed E-state index contributed by atoms with van der Waals surface area (Å²) in [5.41, 5.74) is 7.06. The molecule has 144 valence electrons. The Morgan fingerprint density at radius 1 is 1.29 bits per heavy atom. The van der Waals surface area contributed by atoms with Crippen LogP contribution in [0.25, 0.3) is 5.69 Å². The normalized spacial score (nSPS) is 16.5. The van der Waals surface area contributed by atoms with Crippen LogP contribution in [-0.4, -0.2) is 48.7 Å². The highest BCUT2D eigenvalue weighted by molar-refractivity contribution is 6.06. The Labute approximate surface area is 160 Å². The Balaban J connectivity index is 1.61. The first-order valence-electron chi connectivity index (χ1n) is 8.90. The number of hydrogen-bond acceptors (Lipinski definition) is 5. The molecular formula is C19H19FN6O2. The van der Waals surface area contributed by atoms with Gasteiger partial charge in [0.25, 0.3) is 5.91 Å². The van der Waals surface area contributed by atoms with Crippen LogP contribution in [-0.2, 0) is 7.05 Å². The van der Waals surface area contributed by atoms with Crippen LogP contribution in [0.4, 0.5) is 10.2 Å². The molecule has 2 aromatic heterocycles. The predicted octanol–water partition coefficient (Wildman–Crippen LogP) is 1.81. The van der Waals surface area contributed by atoms with Crippen LogP contribution in [0.3, 0.4) is 0 Å². The highest BCUT2D eigenvalue weighted by Crippen LogP contribution is 2.26. The number of carbonyl (C=O) groups excluding carboxylic acids is 2. The minimum absolute atomic E-state index is 0.118. The van der Waals surface area contributed by atoms with E-state index in [1.807, 2.05) is 0 Å². The maximum Gasteiger partial charge on any atom is 0.274 e. The van der Waals surface area contributed by atoms with Gasteiger partial charge in [-0.2, -0.15) is 10.2 Å². The molecular weight excluding hydrogens is 363 g/mol. The van der Waals surface area contributed by atoms with Gasteiger partial charge >= 0.3 is 0 Å². The number of nitrogen functional groups attached to an aromatic ring is 1. The molecule has 0 radical (unpaired) electrons. The van der Waals surface area contributed by atoms with Gasteiger partial charge in [0.1, 0.15) is 17.3 Å². The van der Waals surface area contributed by atoms with Crippen LogP contribution in [0.2, 0.25) is 0 Å². The lowest BCUT2D eigenvalue weighted by Gasteiger charge is -2.22. The van der Waals surface area contributed by atoms with Gasteiger partial charge in [0.05, 0.1) is 23.5 Å². The molecule has 1 aromatic carbocycles. The maximum absolute atomic E-state index is 13.5. The van der Waals surface area contributed by atoms with Crippen molar-refractivity contribution in [1.82, 2.24) is 24.5 Å². The SMILES string of the molecule is Cn1ccc(C(=O)N2CCC[C@H]2C(=O)c2cnn(-c3cccc(F)c3)c2N)n1. The van der Waals surface area contributed by atoms with Gasteiger partial charge < -0.3 is 10.6 Å². The average molecular weight is 382 g/mol. The molecule has 0 unspecified atom stereocenters. The van der Waals surface area contributed by atoms with Gasteiger partial charge in [-0.15, -0.1) is 0 Å². The molecule has 9 heteroatoms. The molecule has 1 amide bonds. The van der Waals surface area contributed by atoms with E-state index in [-0.39, 0.29) is 23.1 Å². The smallest absolute Gasteiger partial charge is 0.274 e. The lowest BCUT2D eigenvalue weighted by molar-refractivity contribution is 0.0667. The summed E-state index contributed by atoms with van der Waals surface area (Å²) in [5.74, 6) is -0.870. The topological polar surface area (TPSA) is 99.0 Å². The number of ketones is 1. The van der Waals surface area contributed by atoms with Crippen molar-refractivity contribution in [2.45, 2.75) is 18.9 Å². The number of rotatable bonds is 4. The van der Waals surface area contributed by atoms with Crippen LogP contribution in [0.5, 0.6) is 0 Å². The number of nitrogens with zero attached hydrogens (tertiary/aromatic N) is 5. The molecule has 1 aliphatic rings. The van der Waals surface area contributed by atoms with Gasteiger partial charge in [-0.3, -0.25) is 14.3 Å². The van der Waals surface area contributed by atoms with Gasteiger partial charge in [-0.05, 0) is 37.1 Å². The summed E-state index contributed by atoms with van der Waals surface area (Å²) in [6.45, 7) is 0.476. The van der Waals surface area contributed by atoms with Crippen molar-refractivity contribution in [3.63, 3.8) is 0 Å². The number of Topliss-reactive ketones (excluding diaryl/α,β-unsaturated/α-hetero) is 1. The van der Waals surface area contributed by atoms with E-state index >= 15 is 0 Å². The number of halogens is 1. The van der Waals surface area contributed by atoms with Crippen molar-refractivity contribution < 1.29 is 14.0 Å². The zero-order valence-electron chi connectivity index (χ0n) is 15.2. The van der Waals surface area contributed by atoms with Crippen molar-refractivity contribution in [3.8, 4) is 5.69 Å². The van der Waals surface area contributed by atoms with Crippen molar-refractivity contribution in [3.05, 3.63) is 59.8 Å². The Morgan fingerprint density at radius 3 is 2.82 bits per heavy atom. The van der Waals surface area contributed by atoms with E-state index in [1.54, 1.807) is 30.1 Å². The molecule has 0 bridgehead atoms. The molecule has 4 rings (SSSR count). The molecule has 2 N–H and O–H groups in total. The molecule has 1 atom stereocenters. The zero-order valence-corrected chi connectivity index (χ0v) is 15.2. The summed E-state index contributed by atoms with van der Waals surface area (Å²) >= 11 is 0. The second-order valence-electron chi connectivity index (χ2n) is 6.73. The van der Waals surface area contributed by atoms with E-state index in [9.17, 15) is 14.0 Å². The second-order valence-corrected chi connectivity index (χ2v) is 6.73. The number of likely N-dealkylation sites (tertiary alicyclic amines) is 1. The zero-order chi connectivity index (χ0) is 19.8. The number of anilines is 1. The fraction of sp³-hybridized carbons (Fsp3) is 0.263. The first-order valence-corrected chi connectivity index (χ1v) is 8.90.